The number of benzene rings is 2. The van der Waals surface area contributed by atoms with Crippen LogP contribution in [0.1, 0.15) is 16.1 Å². The van der Waals surface area contributed by atoms with Crippen molar-refractivity contribution in [2.45, 2.75) is 6.61 Å². The number of carbonyl (C=O) groups is 1. The van der Waals surface area contributed by atoms with Crippen molar-refractivity contribution in [3.8, 4) is 5.75 Å². The van der Waals surface area contributed by atoms with Crippen molar-refractivity contribution in [1.82, 2.24) is 14.6 Å². The highest BCUT2D eigenvalue weighted by molar-refractivity contribution is 9.10. The van der Waals surface area contributed by atoms with E-state index >= 15 is 0 Å². The molecule has 0 N–H and O–H groups in total. The Kier molecular flexibility index (Phi) is 4.49. The number of methoxy groups -OCH3 is 1. The number of aromatic nitrogens is 3. The van der Waals surface area contributed by atoms with Crippen molar-refractivity contribution in [3.63, 3.8) is 0 Å². The summed E-state index contributed by atoms with van der Waals surface area (Å²) in [6.45, 7) is 0.217. The lowest BCUT2D eigenvalue weighted by Crippen LogP contribution is -2.13. The Balaban J connectivity index is 2.00. The van der Waals surface area contributed by atoms with Crippen LogP contribution in [0.2, 0.25) is 0 Å². The molecule has 0 aliphatic carbocycles. The minimum Gasteiger partial charge on any atom is -0.486 e. The molecule has 6 nitrogen and oxygen atoms in total. The van der Waals surface area contributed by atoms with E-state index in [0.717, 1.165) is 5.56 Å². The van der Waals surface area contributed by atoms with Crippen LogP contribution in [-0.4, -0.2) is 27.7 Å². The second kappa shape index (κ2) is 6.96. The minimum absolute atomic E-state index is 0.0898. The summed E-state index contributed by atoms with van der Waals surface area (Å²) in [5.41, 5.74) is 1.33. The lowest BCUT2D eigenvalue weighted by Gasteiger charge is -2.16. The molecule has 4 rings (SSSR count). The van der Waals surface area contributed by atoms with Crippen LogP contribution < -0.4 is 4.74 Å². The second-order valence-electron chi connectivity index (χ2n) is 5.72. The molecule has 0 amide bonds. The van der Waals surface area contributed by atoms with Gasteiger partial charge in [-0.05, 0) is 33.6 Å². The molecule has 27 heavy (non-hydrogen) atoms. The zero-order chi connectivity index (χ0) is 19.0. The first-order valence-corrected chi connectivity index (χ1v) is 8.79. The lowest BCUT2D eigenvalue weighted by molar-refractivity contribution is 0.0585. The molecule has 0 bridgehead atoms. The molecule has 8 heteroatoms. The summed E-state index contributed by atoms with van der Waals surface area (Å²) in [5, 5.41) is 5.09. The van der Waals surface area contributed by atoms with Crippen molar-refractivity contribution in [2.24, 2.45) is 0 Å². The topological polar surface area (TPSA) is 65.7 Å². The van der Waals surface area contributed by atoms with E-state index in [9.17, 15) is 9.18 Å². The molecular formula is C19H13BrFN3O3. The first-order valence-electron chi connectivity index (χ1n) is 8.00. The van der Waals surface area contributed by atoms with Gasteiger partial charge in [0.05, 0.1) is 11.6 Å². The van der Waals surface area contributed by atoms with Crippen LogP contribution >= 0.6 is 15.9 Å². The average Bonchev–Trinajstić information content (AvgIpc) is 3.17. The molecule has 0 saturated heterocycles. The molecule has 0 unspecified atom stereocenters. The van der Waals surface area contributed by atoms with Gasteiger partial charge in [0.1, 0.15) is 18.8 Å². The summed E-state index contributed by atoms with van der Waals surface area (Å²) in [5.74, 6) is -0.831. The van der Waals surface area contributed by atoms with E-state index in [-0.39, 0.29) is 22.5 Å². The first-order chi connectivity index (χ1) is 13.1. The fraction of sp³-hybridized carbons (Fsp3) is 0.105. The van der Waals surface area contributed by atoms with Gasteiger partial charge in [-0.25, -0.2) is 18.7 Å². The summed E-state index contributed by atoms with van der Waals surface area (Å²) in [6, 6.07) is 12.4. The van der Waals surface area contributed by atoms with Gasteiger partial charge in [0.25, 0.3) is 0 Å². The van der Waals surface area contributed by atoms with Crippen LogP contribution in [0.15, 0.2) is 53.3 Å². The smallest absolute Gasteiger partial charge is 0.360 e. The lowest BCUT2D eigenvalue weighted by atomic mass is 10.1. The molecule has 136 valence electrons. The maximum Gasteiger partial charge on any atom is 0.360 e. The van der Waals surface area contributed by atoms with Gasteiger partial charge in [-0.1, -0.05) is 30.3 Å². The van der Waals surface area contributed by atoms with E-state index in [1.54, 1.807) is 6.07 Å². The number of hydrogen-bond donors (Lipinski definition) is 0. The molecule has 0 aliphatic heterocycles. The molecule has 0 fully saturated rings. The molecule has 0 radical (unpaired) electrons. The summed E-state index contributed by atoms with van der Waals surface area (Å²) in [4.78, 5) is 16.7. The van der Waals surface area contributed by atoms with Crippen molar-refractivity contribution < 1.29 is 18.7 Å². The molecule has 4 aromatic rings. The number of carbonyl (C=O) groups excluding carboxylic acids is 1. The molecule has 2 heterocycles. The Hall–Kier alpha value is -3.00. The number of fused-ring (bicyclic) bond motifs is 3. The number of ether oxygens (including phenoxy) is 2. The third-order valence-electron chi connectivity index (χ3n) is 4.14. The first kappa shape index (κ1) is 17.4. The standard InChI is InChI=1S/C19H13BrFN3O3/c1-26-19(25)16-17(27-9-11-5-3-2-4-6-11)12-7-8-13(21)15(20)14(12)18-22-10-23-24(16)18/h2-8,10H,9H2,1H3. The van der Waals surface area contributed by atoms with Crippen LogP contribution in [-0.2, 0) is 11.3 Å². The van der Waals surface area contributed by atoms with E-state index in [2.05, 4.69) is 26.0 Å². The monoisotopic (exact) mass is 429 g/mol. The number of esters is 1. The molecule has 0 saturated carbocycles. The van der Waals surface area contributed by atoms with Gasteiger partial charge < -0.3 is 9.47 Å². The van der Waals surface area contributed by atoms with E-state index in [1.807, 2.05) is 30.3 Å². The highest BCUT2D eigenvalue weighted by Crippen LogP contribution is 2.38. The Morgan fingerprint density at radius 2 is 2.00 bits per heavy atom. The Morgan fingerprint density at radius 3 is 2.74 bits per heavy atom. The van der Waals surface area contributed by atoms with E-state index < -0.39 is 11.8 Å². The number of rotatable bonds is 4. The maximum absolute atomic E-state index is 14.2. The van der Waals surface area contributed by atoms with Gasteiger partial charge in [-0.3, -0.25) is 0 Å². The maximum atomic E-state index is 14.2. The van der Waals surface area contributed by atoms with Crippen molar-refractivity contribution >= 4 is 38.3 Å². The number of pyridine rings is 1. The Bertz CT molecular complexity index is 1160. The van der Waals surface area contributed by atoms with Crippen molar-refractivity contribution in [3.05, 3.63) is 70.3 Å². The van der Waals surface area contributed by atoms with Crippen molar-refractivity contribution in [1.29, 1.82) is 0 Å². The summed E-state index contributed by atoms with van der Waals surface area (Å²) >= 11 is 3.27. The van der Waals surface area contributed by atoms with Gasteiger partial charge in [-0.2, -0.15) is 5.10 Å². The number of hydrogen-bond acceptors (Lipinski definition) is 5. The third kappa shape index (κ3) is 2.91. The fourth-order valence-corrected chi connectivity index (χ4v) is 3.43. The second-order valence-corrected chi connectivity index (χ2v) is 6.52. The van der Waals surface area contributed by atoms with Crippen LogP contribution in [0.3, 0.4) is 0 Å². The zero-order valence-electron chi connectivity index (χ0n) is 14.1. The summed E-state index contributed by atoms with van der Waals surface area (Å²) < 4.78 is 26.6. The Labute approximate surface area is 161 Å². The van der Waals surface area contributed by atoms with Gasteiger partial charge in [0.15, 0.2) is 17.1 Å². The largest absolute Gasteiger partial charge is 0.486 e. The summed E-state index contributed by atoms with van der Waals surface area (Å²) in [6.07, 6.45) is 1.29. The molecule has 2 aromatic carbocycles. The quantitative estimate of drug-likeness (QED) is 0.456. The van der Waals surface area contributed by atoms with Crippen LogP contribution in [0.4, 0.5) is 4.39 Å². The predicted octanol–water partition coefficient (Wildman–Crippen LogP) is 4.15. The molecule has 0 atom stereocenters. The molecular weight excluding hydrogens is 417 g/mol. The van der Waals surface area contributed by atoms with Gasteiger partial charge in [0, 0.05) is 10.8 Å². The van der Waals surface area contributed by atoms with E-state index in [4.69, 9.17) is 9.47 Å². The Morgan fingerprint density at radius 1 is 1.22 bits per heavy atom. The predicted molar refractivity (Wildman–Crippen MR) is 100 cm³/mol. The zero-order valence-corrected chi connectivity index (χ0v) is 15.7. The average molecular weight is 430 g/mol. The van der Waals surface area contributed by atoms with Gasteiger partial charge in [0.2, 0.25) is 0 Å². The minimum atomic E-state index is -0.629. The fourth-order valence-electron chi connectivity index (χ4n) is 2.91. The third-order valence-corrected chi connectivity index (χ3v) is 4.92. The molecule has 0 spiro atoms. The van der Waals surface area contributed by atoms with E-state index in [0.29, 0.717) is 16.4 Å². The van der Waals surface area contributed by atoms with Crippen molar-refractivity contribution in [2.75, 3.05) is 7.11 Å². The summed E-state index contributed by atoms with van der Waals surface area (Å²) in [7, 11) is 1.27. The van der Waals surface area contributed by atoms with E-state index in [1.165, 1.54) is 24.0 Å². The highest BCUT2D eigenvalue weighted by atomic mass is 79.9. The SMILES string of the molecule is COC(=O)c1c(OCc2ccccc2)c2ccc(F)c(Br)c2c2ncnn12. The number of halogens is 2. The molecule has 2 aromatic heterocycles. The number of nitrogens with zero attached hydrogens (tertiary/aromatic N) is 3. The highest BCUT2D eigenvalue weighted by Gasteiger charge is 2.25. The van der Waals surface area contributed by atoms with Crippen LogP contribution in [0.5, 0.6) is 5.75 Å². The van der Waals surface area contributed by atoms with Crippen LogP contribution in [0.25, 0.3) is 16.4 Å². The van der Waals surface area contributed by atoms with Crippen LogP contribution in [0, 0.1) is 5.82 Å². The molecule has 0 aliphatic rings. The normalized spacial score (nSPS) is 11.1. The van der Waals surface area contributed by atoms with Gasteiger partial charge in [-0.15, -0.1) is 0 Å². The van der Waals surface area contributed by atoms with Gasteiger partial charge >= 0.3 is 5.97 Å².